The van der Waals surface area contributed by atoms with Crippen molar-refractivity contribution in [2.45, 2.75) is 31.7 Å². The maximum atomic E-state index is 14.3. The monoisotopic (exact) mass is 619 g/mol. The Labute approximate surface area is 249 Å². The summed E-state index contributed by atoms with van der Waals surface area (Å²) >= 11 is 11.9. The lowest BCUT2D eigenvalue weighted by Crippen LogP contribution is -2.42. The summed E-state index contributed by atoms with van der Waals surface area (Å²) in [6.45, 7) is 1.58. The van der Waals surface area contributed by atoms with Crippen LogP contribution in [0.3, 0.4) is 0 Å². The summed E-state index contributed by atoms with van der Waals surface area (Å²) < 4.78 is 48.1. The number of nitrogens with zero attached hydrogens (tertiary/aromatic N) is 2. The molecule has 2 N–H and O–H groups in total. The van der Waals surface area contributed by atoms with Crippen LogP contribution in [0.15, 0.2) is 59.8 Å². The van der Waals surface area contributed by atoms with Crippen LogP contribution < -0.4 is 15.7 Å². The topological polar surface area (TPSA) is 100 Å². The first kappa shape index (κ1) is 29.9. The molecule has 0 bridgehead atoms. The fourth-order valence-corrected chi connectivity index (χ4v) is 5.39. The van der Waals surface area contributed by atoms with Crippen LogP contribution >= 0.6 is 23.2 Å². The van der Waals surface area contributed by atoms with Gasteiger partial charge in [0.05, 0.1) is 18.9 Å². The molecular formula is C28H23BCl2F3N3O5. The van der Waals surface area contributed by atoms with Crippen molar-refractivity contribution < 1.29 is 37.3 Å². The maximum Gasteiger partial charge on any atom is 0.491 e. The van der Waals surface area contributed by atoms with Crippen molar-refractivity contribution in [1.29, 1.82) is 0 Å². The van der Waals surface area contributed by atoms with Crippen molar-refractivity contribution >= 4 is 59.0 Å². The van der Waals surface area contributed by atoms with Gasteiger partial charge in [-0.15, -0.1) is 0 Å². The van der Waals surface area contributed by atoms with Gasteiger partial charge >= 0.3 is 13.3 Å². The second kappa shape index (κ2) is 11.3. The Morgan fingerprint density at radius 2 is 1.83 bits per heavy atom. The molecule has 0 radical (unpaired) electrons. The Bertz CT molecular complexity index is 1600. The lowest BCUT2D eigenvalue weighted by molar-refractivity contribution is -0.275. The summed E-state index contributed by atoms with van der Waals surface area (Å²) in [7, 11) is 0.484. The van der Waals surface area contributed by atoms with Crippen molar-refractivity contribution in [3.63, 3.8) is 0 Å². The Morgan fingerprint density at radius 3 is 2.50 bits per heavy atom. The zero-order valence-corrected chi connectivity index (χ0v) is 23.8. The second-order valence-corrected chi connectivity index (χ2v) is 10.9. The quantitative estimate of drug-likeness (QED) is 0.396. The molecule has 0 spiro atoms. The highest BCUT2D eigenvalue weighted by Gasteiger charge is 2.62. The molecule has 5 rings (SSSR count). The van der Waals surface area contributed by atoms with Gasteiger partial charge in [-0.25, -0.2) is 0 Å². The number of hydrogen-bond acceptors (Lipinski definition) is 6. The van der Waals surface area contributed by atoms with Gasteiger partial charge in [-0.1, -0.05) is 40.5 Å². The fraction of sp³-hybridized carbons (Fsp3) is 0.250. The Balaban J connectivity index is 1.27. The minimum Gasteiger partial charge on any atom is -0.423 e. The molecule has 1 unspecified atom stereocenters. The molecule has 3 aromatic rings. The third-order valence-corrected chi connectivity index (χ3v) is 7.71. The number of hydrogen-bond donors (Lipinski definition) is 2. The van der Waals surface area contributed by atoms with E-state index in [1.165, 1.54) is 29.2 Å². The molecule has 3 aromatic carbocycles. The van der Waals surface area contributed by atoms with Crippen LogP contribution in [-0.2, 0) is 26.5 Å². The number of fused-ring (bicyclic) bond motifs is 1. The molecule has 2 aliphatic heterocycles. The summed E-state index contributed by atoms with van der Waals surface area (Å²) in [4.78, 5) is 32.0. The zero-order chi connectivity index (χ0) is 30.4. The summed E-state index contributed by atoms with van der Waals surface area (Å²) in [6.07, 6.45) is -5.47. The van der Waals surface area contributed by atoms with Gasteiger partial charge in [0.15, 0.2) is 0 Å². The first-order valence-corrected chi connectivity index (χ1v) is 13.4. The molecule has 42 heavy (non-hydrogen) atoms. The van der Waals surface area contributed by atoms with Crippen molar-refractivity contribution in [2.24, 2.45) is 5.16 Å². The lowest BCUT2D eigenvalue weighted by atomic mass is 9.79. The van der Waals surface area contributed by atoms with Gasteiger partial charge in [-0.2, -0.15) is 13.2 Å². The third-order valence-electron chi connectivity index (χ3n) is 7.27. The Morgan fingerprint density at radius 1 is 1.12 bits per heavy atom. The van der Waals surface area contributed by atoms with Crippen molar-refractivity contribution in [1.82, 2.24) is 5.32 Å². The lowest BCUT2D eigenvalue weighted by Gasteiger charge is -2.29. The van der Waals surface area contributed by atoms with Gasteiger partial charge in [0.2, 0.25) is 5.91 Å². The van der Waals surface area contributed by atoms with E-state index >= 15 is 0 Å². The van der Waals surface area contributed by atoms with E-state index in [9.17, 15) is 27.8 Å². The molecule has 2 amide bonds. The number of anilines is 1. The first-order chi connectivity index (χ1) is 19.8. The van der Waals surface area contributed by atoms with Gasteiger partial charge < -0.3 is 24.7 Å². The predicted octanol–water partition coefficient (Wildman–Crippen LogP) is 4.49. The van der Waals surface area contributed by atoms with Crippen LogP contribution in [0, 0.1) is 6.92 Å². The highest BCUT2D eigenvalue weighted by molar-refractivity contribution is 6.61. The largest absolute Gasteiger partial charge is 0.491 e. The average Bonchev–Trinajstić information content (AvgIpc) is 3.55. The molecule has 218 valence electrons. The molecule has 0 aromatic heterocycles. The predicted molar refractivity (Wildman–Crippen MR) is 152 cm³/mol. The minimum atomic E-state index is -4.84. The molecule has 0 fully saturated rings. The van der Waals surface area contributed by atoms with Crippen LogP contribution in [0.25, 0.3) is 0 Å². The number of amides is 2. The Kier molecular flexibility index (Phi) is 8.01. The standard InChI is InChI=1S/C28H23BCl2F3N3O5/c1-15-7-16(24-12-27(42-36-24,28(32,33)34)18-8-19(30)10-20(31)9-18)4-6-22(15)26(39)35-13-25(38)37(2)21-5-3-17-14-41-29(40)23(17)11-21/h3-11,40H,12-14H2,1-2H3,(H,35,39). The van der Waals surface area contributed by atoms with Gasteiger partial charge in [-0.05, 0) is 71.5 Å². The molecule has 14 heteroatoms. The van der Waals surface area contributed by atoms with Gasteiger partial charge in [0.25, 0.3) is 11.5 Å². The van der Waals surface area contributed by atoms with Gasteiger partial charge in [0, 0.05) is 40.3 Å². The number of carbonyl (C=O) groups excluding carboxylic acids is 2. The number of benzene rings is 3. The number of oxime groups is 1. The number of halogens is 5. The molecule has 8 nitrogen and oxygen atoms in total. The van der Waals surface area contributed by atoms with Crippen molar-refractivity contribution in [2.75, 3.05) is 18.5 Å². The zero-order valence-electron chi connectivity index (χ0n) is 22.3. The first-order valence-electron chi connectivity index (χ1n) is 12.7. The molecule has 2 heterocycles. The number of aryl methyl sites for hydroxylation is 1. The van der Waals surface area contributed by atoms with E-state index in [2.05, 4.69) is 10.5 Å². The molecular weight excluding hydrogens is 597 g/mol. The van der Waals surface area contributed by atoms with Crippen LogP contribution in [0.5, 0.6) is 0 Å². The van der Waals surface area contributed by atoms with E-state index in [1.54, 1.807) is 32.2 Å². The minimum absolute atomic E-state index is 0.0229. The molecule has 1 atom stereocenters. The molecule has 0 saturated carbocycles. The summed E-state index contributed by atoms with van der Waals surface area (Å²) in [5.74, 6) is -0.950. The van der Waals surface area contributed by atoms with Crippen LogP contribution in [0.4, 0.5) is 18.9 Å². The maximum absolute atomic E-state index is 14.3. The normalized spacial score (nSPS) is 17.9. The second-order valence-electron chi connectivity index (χ2n) is 10.0. The van der Waals surface area contributed by atoms with Crippen LogP contribution in [-0.4, -0.2) is 49.4 Å². The van der Waals surface area contributed by atoms with Crippen LogP contribution in [0.2, 0.25) is 10.0 Å². The van der Waals surface area contributed by atoms with E-state index in [0.717, 1.165) is 17.7 Å². The molecule has 0 aliphatic carbocycles. The summed E-state index contributed by atoms with van der Waals surface area (Å²) in [5.41, 5.74) is -0.0864. The van der Waals surface area contributed by atoms with Crippen molar-refractivity contribution in [3.05, 3.63) is 92.5 Å². The van der Waals surface area contributed by atoms with E-state index < -0.39 is 37.1 Å². The third kappa shape index (κ3) is 5.59. The van der Waals surface area contributed by atoms with E-state index in [0.29, 0.717) is 22.3 Å². The number of alkyl halides is 3. The van der Waals surface area contributed by atoms with E-state index in [1.807, 2.05) is 0 Å². The highest BCUT2D eigenvalue weighted by Crippen LogP contribution is 2.49. The fourth-order valence-electron chi connectivity index (χ4n) is 4.87. The number of rotatable bonds is 6. The van der Waals surface area contributed by atoms with E-state index in [-0.39, 0.29) is 40.0 Å². The highest BCUT2D eigenvalue weighted by atomic mass is 35.5. The van der Waals surface area contributed by atoms with Gasteiger partial charge in [-0.3, -0.25) is 9.59 Å². The molecule has 2 aliphatic rings. The summed E-state index contributed by atoms with van der Waals surface area (Å²) in [6, 6.07) is 13.2. The van der Waals surface area contributed by atoms with Gasteiger partial charge in [0.1, 0.15) is 0 Å². The van der Waals surface area contributed by atoms with Crippen molar-refractivity contribution in [3.8, 4) is 0 Å². The Hall–Kier alpha value is -3.58. The van der Waals surface area contributed by atoms with Crippen LogP contribution in [0.1, 0.15) is 39.0 Å². The SMILES string of the molecule is Cc1cc(C2=NOC(c3cc(Cl)cc(Cl)c3)(C(F)(F)F)C2)ccc1C(=O)NCC(=O)N(C)c1ccc2c(c1)B(O)OC2. The smallest absolute Gasteiger partial charge is 0.423 e. The number of carbonyl (C=O) groups is 2. The number of likely N-dealkylation sites (N-methyl/N-ethyl adjacent to an activating group) is 1. The average molecular weight is 620 g/mol. The number of nitrogens with one attached hydrogen (secondary N) is 1. The van der Waals surface area contributed by atoms with E-state index in [4.69, 9.17) is 32.7 Å². The molecule has 0 saturated heterocycles. The summed E-state index contributed by atoms with van der Waals surface area (Å²) in [5, 5.41) is 16.3.